The van der Waals surface area contributed by atoms with Crippen LogP contribution in [-0.2, 0) is 44.8 Å². The van der Waals surface area contributed by atoms with Gasteiger partial charge in [-0.15, -0.1) is 0 Å². The number of carboxylic acids is 1. The van der Waals surface area contributed by atoms with E-state index in [4.69, 9.17) is 16.9 Å². The molecule has 15 N–H and O–H groups in total. The number of nitrogens with one attached hydrogen (secondary N) is 9. The molecule has 59 heavy (non-hydrogen) atoms. The van der Waals surface area contributed by atoms with Gasteiger partial charge in [-0.2, -0.15) is 0 Å². The molecule has 7 amide bonds. The van der Waals surface area contributed by atoms with E-state index in [0.29, 0.717) is 31.4 Å². The Kier molecular flexibility index (Phi) is 22.8. The fourth-order valence-electron chi connectivity index (χ4n) is 5.72. The zero-order valence-corrected chi connectivity index (χ0v) is 34.6. The molecule has 1 rings (SSSR count). The Labute approximate surface area is 344 Å². The van der Waals surface area contributed by atoms with Crippen molar-refractivity contribution < 1.29 is 48.6 Å². The van der Waals surface area contributed by atoms with Crippen LogP contribution in [0.2, 0.25) is 0 Å². The summed E-state index contributed by atoms with van der Waals surface area (Å²) in [6.45, 7) is 7.66. The summed E-state index contributed by atoms with van der Waals surface area (Å²) in [5, 5.41) is 46.9. The molecule has 1 aromatic carbocycles. The molecule has 0 fully saturated rings. The average Bonchev–Trinajstić information content (AvgIpc) is 3.19. The number of carboxylic acid groups (broad SMARTS) is 1. The minimum absolute atomic E-state index is 0.00368. The van der Waals surface area contributed by atoms with Crippen molar-refractivity contribution in [3.05, 3.63) is 35.9 Å². The van der Waals surface area contributed by atoms with Crippen LogP contribution >= 0.6 is 0 Å². The molecule has 0 aliphatic rings. The van der Waals surface area contributed by atoms with E-state index in [1.807, 2.05) is 6.92 Å². The van der Waals surface area contributed by atoms with Gasteiger partial charge in [0, 0.05) is 13.0 Å². The predicted octanol–water partition coefficient (Wildman–Crippen LogP) is -2.95. The van der Waals surface area contributed by atoms with Gasteiger partial charge < -0.3 is 64.2 Å². The van der Waals surface area contributed by atoms with Crippen LogP contribution in [0.15, 0.2) is 30.3 Å². The Morgan fingerprint density at radius 2 is 1.19 bits per heavy atom. The van der Waals surface area contributed by atoms with E-state index in [9.17, 15) is 48.6 Å². The fraction of sp³-hybridized carbons (Fsp3) is 0.605. The summed E-state index contributed by atoms with van der Waals surface area (Å²) < 4.78 is 0. The van der Waals surface area contributed by atoms with Crippen LogP contribution in [0.1, 0.15) is 72.3 Å². The minimum atomic E-state index is -1.74. The predicted molar refractivity (Wildman–Crippen MR) is 217 cm³/mol. The molecule has 0 spiro atoms. The number of hydrogen-bond acceptors (Lipinski definition) is 11. The van der Waals surface area contributed by atoms with Gasteiger partial charge in [-0.1, -0.05) is 70.9 Å². The molecule has 9 atom stereocenters. The van der Waals surface area contributed by atoms with Crippen LogP contribution in [0.5, 0.6) is 0 Å². The summed E-state index contributed by atoms with van der Waals surface area (Å²) in [4.78, 5) is 104. The van der Waals surface area contributed by atoms with Crippen LogP contribution in [0.25, 0.3) is 0 Å². The smallest absolute Gasteiger partial charge is 0.305 e. The SMILES string of the molecule is CC[C@H](C)[C@H](NC(=O)[C@H](Cc1ccccc1)NC(=O)[C@@H](NC(=O)[C@H](CC(=O)O)NC(=O)[C@H](C)NC(=O)[C@H](CO)NC(=O)[C@H](CCCNC(=N)N)NC)[C@@H](C)CC)C(N)=O. The number of likely N-dealkylation sites (N-methyl/N-ethyl adjacent to an activating group) is 1. The van der Waals surface area contributed by atoms with Crippen molar-refractivity contribution in [2.45, 2.75) is 115 Å². The molecule has 21 heteroatoms. The van der Waals surface area contributed by atoms with Crippen LogP contribution in [-0.4, -0.2) is 126 Å². The summed E-state index contributed by atoms with van der Waals surface area (Å²) in [6.07, 6.45) is 0.672. The summed E-state index contributed by atoms with van der Waals surface area (Å²) >= 11 is 0. The second-order valence-corrected chi connectivity index (χ2v) is 14.4. The Morgan fingerprint density at radius 3 is 1.71 bits per heavy atom. The normalized spacial score (nSPS) is 15.5. The van der Waals surface area contributed by atoms with E-state index in [2.05, 4.69) is 42.5 Å². The van der Waals surface area contributed by atoms with Gasteiger partial charge in [-0.25, -0.2) is 0 Å². The topological polar surface area (TPSA) is 349 Å². The van der Waals surface area contributed by atoms with Crippen molar-refractivity contribution >= 4 is 53.3 Å². The molecule has 0 aliphatic carbocycles. The molecule has 0 saturated heterocycles. The summed E-state index contributed by atoms with van der Waals surface area (Å²) in [7, 11) is 1.52. The highest BCUT2D eigenvalue weighted by Crippen LogP contribution is 2.13. The highest BCUT2D eigenvalue weighted by Gasteiger charge is 2.35. The lowest BCUT2D eigenvalue weighted by molar-refractivity contribution is -0.141. The molecule has 0 aliphatic heterocycles. The van der Waals surface area contributed by atoms with Crippen molar-refractivity contribution in [2.75, 3.05) is 20.2 Å². The molecule has 21 nitrogen and oxygen atoms in total. The van der Waals surface area contributed by atoms with Gasteiger partial charge in [0.05, 0.1) is 19.1 Å². The first kappa shape index (κ1) is 51.2. The maximum atomic E-state index is 13.9. The molecule has 0 heterocycles. The Morgan fingerprint density at radius 1 is 0.678 bits per heavy atom. The van der Waals surface area contributed by atoms with E-state index in [0.717, 1.165) is 0 Å². The van der Waals surface area contributed by atoms with Crippen molar-refractivity contribution in [1.82, 2.24) is 42.5 Å². The first-order valence-electron chi connectivity index (χ1n) is 19.5. The number of carbonyl (C=O) groups excluding carboxylic acids is 7. The number of guanidine groups is 1. The van der Waals surface area contributed by atoms with Gasteiger partial charge in [0.2, 0.25) is 41.4 Å². The highest BCUT2D eigenvalue weighted by atomic mass is 16.4. The van der Waals surface area contributed by atoms with Gasteiger partial charge in [0.1, 0.15) is 36.3 Å². The molecule has 330 valence electrons. The van der Waals surface area contributed by atoms with Gasteiger partial charge in [0.15, 0.2) is 5.96 Å². The van der Waals surface area contributed by atoms with Gasteiger partial charge in [0.25, 0.3) is 0 Å². The van der Waals surface area contributed by atoms with Crippen LogP contribution in [0, 0.1) is 17.2 Å². The van der Waals surface area contributed by atoms with E-state index in [-0.39, 0.29) is 24.7 Å². The molecule has 0 radical (unpaired) electrons. The standard InChI is InChI=1S/C38H63N11O10/c1-7-20(3)29(31(39)53)48-34(56)25(17-23-13-10-9-11-14-23)46-37(59)30(21(4)8-2)49-35(57)26(18-28(51)52)45-32(54)22(5)44-36(58)27(19-50)47-33(55)24(42-6)15-12-16-43-38(40)41/h9-11,13-14,20-22,24-27,29-30,42,50H,7-8,12,15-19H2,1-6H3,(H2,39,53)(H,44,58)(H,45,54)(H,46,59)(H,47,55)(H,48,56)(H,49,57)(H,51,52)(H4,40,41,43)/t20-,21-,22-,24-,25-,26-,27-,29-,30-/m0/s1. The number of rotatable bonds is 27. The number of aliphatic hydroxyl groups is 1. The molecular formula is C38H63N11O10. The Balaban J connectivity index is 3.17. The lowest BCUT2D eigenvalue weighted by Crippen LogP contribution is -2.61. The minimum Gasteiger partial charge on any atom is -0.481 e. The summed E-state index contributed by atoms with van der Waals surface area (Å²) in [5.74, 6) is -8.48. The maximum Gasteiger partial charge on any atom is 0.305 e. The Bertz CT molecular complexity index is 1600. The number of aliphatic hydroxyl groups excluding tert-OH is 1. The number of nitrogens with two attached hydrogens (primary N) is 2. The first-order chi connectivity index (χ1) is 27.8. The van der Waals surface area contributed by atoms with Crippen molar-refractivity contribution in [3.63, 3.8) is 0 Å². The molecule has 1 aromatic rings. The Hall–Kier alpha value is -5.83. The monoisotopic (exact) mass is 833 g/mol. The van der Waals surface area contributed by atoms with E-state index in [1.54, 1.807) is 51.1 Å². The number of amides is 7. The van der Waals surface area contributed by atoms with Crippen molar-refractivity contribution in [3.8, 4) is 0 Å². The summed E-state index contributed by atoms with van der Waals surface area (Å²) in [6, 6.07) is -0.262. The summed E-state index contributed by atoms with van der Waals surface area (Å²) in [5.41, 5.74) is 11.5. The number of hydrogen-bond donors (Lipinski definition) is 13. The van der Waals surface area contributed by atoms with Crippen molar-refractivity contribution in [1.29, 1.82) is 5.41 Å². The quantitative estimate of drug-likeness (QED) is 0.0240. The second kappa shape index (κ2) is 26.2. The first-order valence-corrected chi connectivity index (χ1v) is 19.5. The van der Waals surface area contributed by atoms with Crippen LogP contribution in [0.3, 0.4) is 0 Å². The van der Waals surface area contributed by atoms with Crippen LogP contribution in [0.4, 0.5) is 0 Å². The third-order valence-corrected chi connectivity index (χ3v) is 9.76. The molecular weight excluding hydrogens is 770 g/mol. The van der Waals surface area contributed by atoms with E-state index in [1.165, 1.54) is 14.0 Å². The van der Waals surface area contributed by atoms with Gasteiger partial charge in [-0.05, 0) is 44.2 Å². The zero-order chi connectivity index (χ0) is 44.8. The number of primary amides is 1. The molecule has 0 unspecified atom stereocenters. The molecule has 0 aromatic heterocycles. The van der Waals surface area contributed by atoms with E-state index >= 15 is 0 Å². The van der Waals surface area contributed by atoms with Gasteiger partial charge in [-0.3, -0.25) is 43.8 Å². The molecule has 0 bridgehead atoms. The van der Waals surface area contributed by atoms with Crippen LogP contribution < -0.4 is 54.0 Å². The van der Waals surface area contributed by atoms with Crippen molar-refractivity contribution in [2.24, 2.45) is 23.3 Å². The molecule has 0 saturated carbocycles. The average molecular weight is 834 g/mol. The third kappa shape index (κ3) is 18.1. The number of benzene rings is 1. The largest absolute Gasteiger partial charge is 0.481 e. The maximum absolute atomic E-state index is 13.9. The number of carbonyl (C=O) groups is 8. The lowest BCUT2D eigenvalue weighted by atomic mass is 9.95. The zero-order valence-electron chi connectivity index (χ0n) is 34.6. The lowest BCUT2D eigenvalue weighted by Gasteiger charge is -2.29. The number of aliphatic carboxylic acids is 1. The second-order valence-electron chi connectivity index (χ2n) is 14.4. The fourth-order valence-corrected chi connectivity index (χ4v) is 5.72. The highest BCUT2D eigenvalue weighted by molar-refractivity contribution is 5.98. The van der Waals surface area contributed by atoms with E-state index < -0.39 is 109 Å². The third-order valence-electron chi connectivity index (χ3n) is 9.76. The van der Waals surface area contributed by atoms with Gasteiger partial charge >= 0.3 is 5.97 Å².